The number of hydrogen-bond acceptors (Lipinski definition) is 7. The van der Waals surface area contributed by atoms with Gasteiger partial charge in [-0.3, -0.25) is 4.79 Å². The largest absolute Gasteiger partial charge is 0.377 e. The fourth-order valence-corrected chi connectivity index (χ4v) is 2.99. The van der Waals surface area contributed by atoms with E-state index in [0.29, 0.717) is 31.3 Å². The SMILES string of the molecule is CNc1cc(C)nc([C@H]2COCCN2C(=O)Cc2c(C)noc2C)n1. The molecule has 8 heteroatoms. The van der Waals surface area contributed by atoms with Gasteiger partial charge >= 0.3 is 0 Å². The van der Waals surface area contributed by atoms with Crippen LogP contribution in [0.5, 0.6) is 0 Å². The van der Waals surface area contributed by atoms with Gasteiger partial charge in [0.05, 0.1) is 25.3 Å². The van der Waals surface area contributed by atoms with E-state index >= 15 is 0 Å². The minimum absolute atomic E-state index is 0.00110. The average Bonchev–Trinajstić information content (AvgIpc) is 2.93. The minimum atomic E-state index is -0.297. The summed E-state index contributed by atoms with van der Waals surface area (Å²) in [6.07, 6.45) is 0.252. The predicted octanol–water partition coefficient (Wildman–Crippen LogP) is 1.57. The first-order chi connectivity index (χ1) is 12.0. The quantitative estimate of drug-likeness (QED) is 0.899. The number of hydrogen-bond donors (Lipinski definition) is 1. The van der Waals surface area contributed by atoms with Gasteiger partial charge in [-0.15, -0.1) is 0 Å². The van der Waals surface area contributed by atoms with Gasteiger partial charge < -0.3 is 19.5 Å². The van der Waals surface area contributed by atoms with Crippen molar-refractivity contribution in [3.63, 3.8) is 0 Å². The highest BCUT2D eigenvalue weighted by atomic mass is 16.5. The van der Waals surface area contributed by atoms with Crippen LogP contribution in [0.15, 0.2) is 10.6 Å². The van der Waals surface area contributed by atoms with Crippen LogP contribution in [0.3, 0.4) is 0 Å². The van der Waals surface area contributed by atoms with Gasteiger partial charge in [0.25, 0.3) is 0 Å². The van der Waals surface area contributed by atoms with Crippen molar-refractivity contribution in [3.05, 3.63) is 34.6 Å². The van der Waals surface area contributed by atoms with E-state index < -0.39 is 0 Å². The summed E-state index contributed by atoms with van der Waals surface area (Å²) >= 11 is 0. The number of nitrogens with one attached hydrogen (secondary N) is 1. The number of carbonyl (C=O) groups is 1. The van der Waals surface area contributed by atoms with Crippen LogP contribution < -0.4 is 5.32 Å². The van der Waals surface area contributed by atoms with Gasteiger partial charge in [-0.1, -0.05) is 5.16 Å². The standard InChI is InChI=1S/C17H23N5O3/c1-10-7-15(18-4)20-17(19-10)14-9-24-6-5-22(14)16(23)8-13-11(2)21-25-12(13)3/h7,14H,5-6,8-9H2,1-4H3,(H,18,19,20)/t14-/m1/s1. The fraction of sp³-hybridized carbons (Fsp3) is 0.529. The zero-order valence-electron chi connectivity index (χ0n) is 15.0. The molecule has 2 aromatic heterocycles. The first-order valence-corrected chi connectivity index (χ1v) is 8.32. The number of ether oxygens (including phenoxy) is 1. The molecular weight excluding hydrogens is 322 g/mol. The van der Waals surface area contributed by atoms with Crippen molar-refractivity contribution in [3.8, 4) is 0 Å². The summed E-state index contributed by atoms with van der Waals surface area (Å²) in [5.74, 6) is 2.00. The lowest BCUT2D eigenvalue weighted by Crippen LogP contribution is -2.45. The molecule has 0 aromatic carbocycles. The molecule has 3 heterocycles. The Morgan fingerprint density at radius 2 is 2.16 bits per heavy atom. The Morgan fingerprint density at radius 3 is 2.84 bits per heavy atom. The molecular formula is C17H23N5O3. The van der Waals surface area contributed by atoms with Crippen LogP contribution in [0.2, 0.25) is 0 Å². The molecule has 1 aliphatic rings. The second-order valence-electron chi connectivity index (χ2n) is 6.16. The Morgan fingerprint density at radius 1 is 1.36 bits per heavy atom. The molecule has 1 aliphatic heterocycles. The van der Waals surface area contributed by atoms with Gasteiger partial charge in [0, 0.05) is 30.9 Å². The number of aromatic nitrogens is 3. The van der Waals surface area contributed by atoms with Gasteiger partial charge in [0.2, 0.25) is 5.91 Å². The summed E-state index contributed by atoms with van der Waals surface area (Å²) in [4.78, 5) is 23.7. The van der Waals surface area contributed by atoms with Gasteiger partial charge in [-0.05, 0) is 20.8 Å². The maximum Gasteiger partial charge on any atom is 0.227 e. The van der Waals surface area contributed by atoms with Crippen molar-refractivity contribution >= 4 is 11.7 Å². The smallest absolute Gasteiger partial charge is 0.227 e. The molecule has 1 atom stereocenters. The fourth-order valence-electron chi connectivity index (χ4n) is 2.99. The minimum Gasteiger partial charge on any atom is -0.377 e. The Balaban J connectivity index is 1.86. The Hall–Kier alpha value is -2.48. The van der Waals surface area contributed by atoms with Crippen molar-refractivity contribution in [1.82, 2.24) is 20.0 Å². The molecule has 25 heavy (non-hydrogen) atoms. The Bertz CT molecular complexity index is 754. The first-order valence-electron chi connectivity index (χ1n) is 8.32. The van der Waals surface area contributed by atoms with Crippen LogP contribution >= 0.6 is 0 Å². The maximum atomic E-state index is 12.9. The van der Waals surface area contributed by atoms with Crippen LogP contribution in [0.25, 0.3) is 0 Å². The number of carbonyl (C=O) groups excluding carboxylic acids is 1. The van der Waals surface area contributed by atoms with E-state index in [9.17, 15) is 4.79 Å². The third kappa shape index (κ3) is 3.63. The summed E-state index contributed by atoms with van der Waals surface area (Å²) in [6.45, 7) is 6.99. The van der Waals surface area contributed by atoms with Gasteiger partial charge in [0.1, 0.15) is 17.6 Å². The average molecular weight is 345 g/mol. The van der Waals surface area contributed by atoms with E-state index in [1.165, 1.54) is 0 Å². The zero-order valence-corrected chi connectivity index (χ0v) is 15.0. The molecule has 0 bridgehead atoms. The van der Waals surface area contributed by atoms with E-state index in [1.807, 2.05) is 33.9 Å². The maximum absolute atomic E-state index is 12.9. The number of amides is 1. The zero-order chi connectivity index (χ0) is 18.0. The number of morpholine rings is 1. The van der Waals surface area contributed by atoms with Crippen LogP contribution in [0.4, 0.5) is 5.82 Å². The van der Waals surface area contributed by atoms with Crippen LogP contribution in [-0.4, -0.2) is 52.7 Å². The molecule has 1 fully saturated rings. The molecule has 8 nitrogen and oxygen atoms in total. The molecule has 0 spiro atoms. The third-order valence-corrected chi connectivity index (χ3v) is 4.38. The molecule has 2 aromatic rings. The van der Waals surface area contributed by atoms with E-state index in [4.69, 9.17) is 9.26 Å². The van der Waals surface area contributed by atoms with Crippen molar-refractivity contribution in [2.24, 2.45) is 0 Å². The van der Waals surface area contributed by atoms with Gasteiger partial charge in [-0.25, -0.2) is 9.97 Å². The number of nitrogens with zero attached hydrogens (tertiary/aromatic N) is 4. The van der Waals surface area contributed by atoms with Gasteiger partial charge in [-0.2, -0.15) is 0 Å². The van der Waals surface area contributed by atoms with Crippen molar-refractivity contribution < 1.29 is 14.1 Å². The second kappa shape index (κ2) is 7.18. The van der Waals surface area contributed by atoms with Crippen molar-refractivity contribution in [2.75, 3.05) is 32.1 Å². The number of rotatable bonds is 4. The molecule has 0 saturated carbocycles. The lowest BCUT2D eigenvalue weighted by atomic mass is 10.1. The molecule has 134 valence electrons. The van der Waals surface area contributed by atoms with E-state index in [2.05, 4.69) is 20.4 Å². The second-order valence-corrected chi connectivity index (χ2v) is 6.16. The third-order valence-electron chi connectivity index (χ3n) is 4.38. The highest BCUT2D eigenvalue weighted by molar-refractivity contribution is 5.79. The van der Waals surface area contributed by atoms with Crippen molar-refractivity contribution in [1.29, 1.82) is 0 Å². The normalized spacial score (nSPS) is 17.6. The Kier molecular flexibility index (Phi) is 4.98. The summed E-state index contributed by atoms with van der Waals surface area (Å²) in [5, 5.41) is 6.95. The lowest BCUT2D eigenvalue weighted by molar-refractivity contribution is -0.139. The topological polar surface area (TPSA) is 93.4 Å². The van der Waals surface area contributed by atoms with Crippen LogP contribution in [0.1, 0.15) is 34.6 Å². The number of aryl methyl sites for hydroxylation is 3. The molecule has 0 aliphatic carbocycles. The lowest BCUT2D eigenvalue weighted by Gasteiger charge is -2.35. The first kappa shape index (κ1) is 17.3. The predicted molar refractivity (Wildman–Crippen MR) is 91.3 cm³/mol. The van der Waals surface area contributed by atoms with E-state index in [0.717, 1.165) is 22.8 Å². The van der Waals surface area contributed by atoms with Crippen LogP contribution in [0, 0.1) is 20.8 Å². The molecule has 1 amide bonds. The summed E-state index contributed by atoms with van der Waals surface area (Å²) in [6, 6.07) is 1.57. The highest BCUT2D eigenvalue weighted by Crippen LogP contribution is 2.25. The molecule has 1 N–H and O–H groups in total. The molecule has 3 rings (SSSR count). The summed E-state index contributed by atoms with van der Waals surface area (Å²) < 4.78 is 10.8. The van der Waals surface area contributed by atoms with E-state index in [1.54, 1.807) is 4.90 Å². The number of anilines is 1. The van der Waals surface area contributed by atoms with Gasteiger partial charge in [0.15, 0.2) is 5.82 Å². The Labute approximate surface area is 146 Å². The van der Waals surface area contributed by atoms with Crippen molar-refractivity contribution in [2.45, 2.75) is 33.2 Å². The summed E-state index contributed by atoms with van der Waals surface area (Å²) in [7, 11) is 1.81. The molecule has 0 radical (unpaired) electrons. The monoisotopic (exact) mass is 345 g/mol. The van der Waals surface area contributed by atoms with Crippen LogP contribution in [-0.2, 0) is 16.0 Å². The highest BCUT2D eigenvalue weighted by Gasteiger charge is 2.32. The molecule has 0 unspecified atom stereocenters. The van der Waals surface area contributed by atoms with E-state index in [-0.39, 0.29) is 18.4 Å². The molecule has 1 saturated heterocycles. The summed E-state index contributed by atoms with van der Waals surface area (Å²) in [5.41, 5.74) is 2.44.